The fourth-order valence-corrected chi connectivity index (χ4v) is 22.7. The molecule has 608 valence electrons. The summed E-state index contributed by atoms with van der Waals surface area (Å²) < 4.78 is 16.7. The van der Waals surface area contributed by atoms with E-state index in [9.17, 15) is 9.59 Å². The number of ether oxygens (including phenoxy) is 3. The van der Waals surface area contributed by atoms with Gasteiger partial charge in [-0.3, -0.25) is 24.4 Å². The second kappa shape index (κ2) is 29.5. The molecular weight excluding hydrogens is 1480 g/mol. The summed E-state index contributed by atoms with van der Waals surface area (Å²) >= 11 is 6.33. The molecule has 21 nitrogen and oxygen atoms in total. The number of nitrogens with zero attached hydrogens (tertiary/aromatic N) is 9. The minimum absolute atomic E-state index is 0.00914. The Labute approximate surface area is 691 Å². The number of benzene rings is 6. The molecule has 4 aliphatic heterocycles. The number of rotatable bonds is 6. The van der Waals surface area contributed by atoms with Gasteiger partial charge in [0.1, 0.15) is 5.75 Å². The number of aromatic nitrogens is 2. The molecule has 0 saturated heterocycles. The highest BCUT2D eigenvalue weighted by atomic mass is 35.5. The van der Waals surface area contributed by atoms with Crippen LogP contribution in [0.25, 0.3) is 44.3 Å². The number of methoxy groups -OCH3 is 3. The zero-order valence-corrected chi connectivity index (χ0v) is 69.6. The molecule has 8 aromatic rings. The van der Waals surface area contributed by atoms with E-state index in [1.165, 1.54) is 74.9 Å². The number of hydroxylamine groups is 4. The number of carbonyl (C=O) groups excluding carboxylic acids is 2. The van der Waals surface area contributed by atoms with Crippen LogP contribution in [0.1, 0.15) is 179 Å². The van der Waals surface area contributed by atoms with Crippen LogP contribution in [-0.4, -0.2) is 127 Å². The summed E-state index contributed by atoms with van der Waals surface area (Å²) in [6, 6.07) is 44.5. The minimum atomic E-state index is -0.988. The van der Waals surface area contributed by atoms with Crippen molar-refractivity contribution in [3.8, 4) is 51.0 Å². The summed E-state index contributed by atoms with van der Waals surface area (Å²) in [5.41, 5.74) is 39.1. The standard InChI is InChI=1S/C25H28ClN3O3.C25H28N4O2.C23H27N3O.C22H26N4O/c1-29-22(30)25(28-23(29)27)21-12-15(17-10-18(26)13-20(11-17)32-3)4-5-16(21)14-24(25)8-6-19(31-2)7-9-24;1-29-23(26)28-25(31-29)21-13-17(18-4-3-16-9-12-27-22(16)14-18)5-6-19(21)15-24(25)10-7-20(30-2)8-11-24;1-15-9-11-22(12-10-15)14-18-8-7-17(6-5-16-3-4-16)13-19(18)23(22)20(27)26(2)21(24)25-23;1-15-7-9-21(10-8-15)13-17-6-5-16(18-4-3-11-24-14-18)12-19(17)22(21)25-20(23)26(2)27-22/h4-5,10-13,19H,6-9,14H2,1-3H3,(H2,27,28);3-6,9,12-14,20,27H,7-8,10-11,15H2,1-2H3,(H2,26,28);7-8,13,15-16H,3-4,9-12,14H2,1-2H3,(H2,24,25);3-6,11-12,14-15H,7-10,13H2,1-2H3,(H2,23,25). The number of amides is 2. The van der Waals surface area contributed by atoms with Gasteiger partial charge in [-0.25, -0.2) is 39.8 Å². The Morgan fingerprint density at radius 3 is 1.41 bits per heavy atom. The number of nitrogens with one attached hydrogen (secondary N) is 1. The summed E-state index contributed by atoms with van der Waals surface area (Å²) in [7, 11) is 12.4. The second-order valence-corrected chi connectivity index (χ2v) is 36.4. The van der Waals surface area contributed by atoms with Gasteiger partial charge in [-0.05, 0) is 279 Å². The van der Waals surface area contributed by atoms with Gasteiger partial charge >= 0.3 is 0 Å². The maximum Gasteiger partial charge on any atom is 0.262 e. The molecule has 5 fully saturated rings. The van der Waals surface area contributed by atoms with E-state index in [0.29, 0.717) is 46.6 Å². The second-order valence-electron chi connectivity index (χ2n) is 36.0. The first kappa shape index (κ1) is 78.1. The number of hydrogen-bond acceptors (Lipinski definition) is 18. The Morgan fingerprint density at radius 2 is 0.932 bits per heavy atom. The molecule has 21 rings (SSSR count). The number of likely N-dealkylation sites (N-methyl/N-ethyl adjacent to an activating group) is 2. The largest absolute Gasteiger partial charge is 0.497 e. The smallest absolute Gasteiger partial charge is 0.262 e. The van der Waals surface area contributed by atoms with Crippen LogP contribution in [0.4, 0.5) is 0 Å². The number of halogens is 1. The van der Waals surface area contributed by atoms with Crippen LogP contribution in [0.2, 0.25) is 5.02 Å². The highest BCUT2D eigenvalue weighted by Gasteiger charge is 2.69. The molecule has 4 unspecified atom stereocenters. The lowest BCUT2D eigenvalue weighted by molar-refractivity contribution is -0.232. The molecule has 0 radical (unpaired) electrons. The highest BCUT2D eigenvalue weighted by molar-refractivity contribution is 6.31. The van der Waals surface area contributed by atoms with Crippen LogP contribution >= 0.6 is 11.6 Å². The number of fused-ring (bicyclic) bond motifs is 13. The van der Waals surface area contributed by atoms with Crippen LogP contribution in [0.3, 0.4) is 0 Å². The average Bonchev–Trinajstić information content (AvgIpc) is 1.54. The van der Waals surface area contributed by atoms with Crippen LogP contribution in [-0.2, 0) is 76.9 Å². The van der Waals surface area contributed by atoms with Gasteiger partial charge in [-0.15, -0.1) is 0 Å². The van der Waals surface area contributed by atoms with Crippen LogP contribution < -0.4 is 27.7 Å². The van der Waals surface area contributed by atoms with E-state index in [0.717, 1.165) is 172 Å². The van der Waals surface area contributed by atoms with Gasteiger partial charge in [0.05, 0.1) is 19.3 Å². The fourth-order valence-electron chi connectivity index (χ4n) is 22.4. The summed E-state index contributed by atoms with van der Waals surface area (Å²) in [6.07, 6.45) is 29.0. The van der Waals surface area contributed by atoms with Crippen molar-refractivity contribution in [2.24, 2.45) is 82.3 Å². The van der Waals surface area contributed by atoms with Gasteiger partial charge in [0, 0.05) is 116 Å². The van der Waals surface area contributed by atoms with Crippen molar-refractivity contribution in [1.29, 1.82) is 0 Å². The lowest BCUT2D eigenvalue weighted by atomic mass is 9.60. The lowest BCUT2D eigenvalue weighted by Gasteiger charge is -2.45. The Kier molecular flexibility index (Phi) is 19.7. The third-order valence-electron chi connectivity index (χ3n) is 29.5. The van der Waals surface area contributed by atoms with E-state index in [2.05, 4.69) is 139 Å². The topological polar surface area (TPSA) is 275 Å². The van der Waals surface area contributed by atoms with Gasteiger partial charge in [-0.2, -0.15) is 0 Å². The van der Waals surface area contributed by atoms with Gasteiger partial charge in [0.2, 0.25) is 23.4 Å². The predicted molar refractivity (Wildman–Crippen MR) is 458 cm³/mol. The molecule has 8 spiro atoms. The van der Waals surface area contributed by atoms with Crippen molar-refractivity contribution in [2.45, 2.75) is 190 Å². The average molecular weight is 1590 g/mol. The zero-order valence-electron chi connectivity index (χ0n) is 68.9. The first-order chi connectivity index (χ1) is 56.3. The monoisotopic (exact) mass is 1590 g/mol. The summed E-state index contributed by atoms with van der Waals surface area (Å²) in [5, 5.41) is 5.10. The summed E-state index contributed by atoms with van der Waals surface area (Å²) in [4.78, 5) is 70.7. The highest BCUT2D eigenvalue weighted by Crippen LogP contribution is 2.67. The minimum Gasteiger partial charge on any atom is -0.497 e. The van der Waals surface area contributed by atoms with Crippen LogP contribution in [0, 0.1) is 51.3 Å². The third-order valence-corrected chi connectivity index (χ3v) is 29.7. The molecule has 117 heavy (non-hydrogen) atoms. The Hall–Kier alpha value is -10.1. The van der Waals surface area contributed by atoms with E-state index in [1.54, 1.807) is 55.6 Å². The maximum absolute atomic E-state index is 13.8. The van der Waals surface area contributed by atoms with E-state index in [1.807, 2.05) is 51.8 Å². The first-order valence-electron chi connectivity index (χ1n) is 42.1. The SMILES string of the molecule is CC1CCC2(CC1)Cc1ccc(-c3cccnc3)cc1C21N=C(N)N(C)O1.CC1CCC2(CC1)Cc1ccc(C#CC3CC3)cc1C21N=C(N)N(C)C1=O.COC1CCC2(CC1)Cc1ccc(-c3ccc4cc[nH]c4c3)cc1C21N=C(N)N(C)O1.COc1cc(Cl)cc(-c2ccc3c(c2)C2(N=C(N)N(C)C2=O)C2(CCC(OC)CC2)C3)c1. The Balaban J connectivity index is 0.000000108. The Bertz CT molecular complexity index is 5460. The molecule has 9 N–H and O–H groups in total. The molecule has 5 saturated carbocycles. The molecule has 9 aliphatic carbocycles. The molecule has 6 aromatic carbocycles. The zero-order chi connectivity index (χ0) is 81.3. The van der Waals surface area contributed by atoms with Crippen molar-refractivity contribution >= 4 is 58.2 Å². The maximum atomic E-state index is 13.8. The number of carbonyl (C=O) groups is 2. The van der Waals surface area contributed by atoms with Gasteiger partial charge in [0.15, 0.2) is 23.0 Å². The molecule has 2 aromatic heterocycles. The molecule has 0 bridgehead atoms. The number of pyridine rings is 1. The normalized spacial score (nSPS) is 31.2. The molecule has 2 amide bonds. The lowest BCUT2D eigenvalue weighted by Crippen LogP contribution is -2.51. The first-order valence-corrected chi connectivity index (χ1v) is 42.5. The summed E-state index contributed by atoms with van der Waals surface area (Å²) in [5.74, 6) is 10.9. The quantitative estimate of drug-likeness (QED) is 0.0969. The molecule has 13 aliphatic rings. The van der Waals surface area contributed by atoms with Crippen molar-refractivity contribution in [1.82, 2.24) is 29.9 Å². The van der Waals surface area contributed by atoms with Gasteiger partial charge in [0.25, 0.3) is 11.8 Å². The molecular formula is C95H109ClN14O7. The predicted octanol–water partition coefficient (Wildman–Crippen LogP) is 15.5. The van der Waals surface area contributed by atoms with Gasteiger partial charge < -0.3 is 42.1 Å². The van der Waals surface area contributed by atoms with E-state index < -0.39 is 22.5 Å². The van der Waals surface area contributed by atoms with Crippen molar-refractivity contribution < 1.29 is 33.5 Å². The van der Waals surface area contributed by atoms with E-state index in [4.69, 9.17) is 78.4 Å². The van der Waals surface area contributed by atoms with Crippen LogP contribution in [0.5, 0.6) is 5.75 Å². The van der Waals surface area contributed by atoms with Crippen molar-refractivity contribution in [2.75, 3.05) is 49.5 Å². The fraction of sp³-hybridized carbons (Fsp3) is 0.463. The van der Waals surface area contributed by atoms with Crippen molar-refractivity contribution in [3.05, 3.63) is 201 Å². The molecule has 22 heteroatoms. The van der Waals surface area contributed by atoms with E-state index in [-0.39, 0.29) is 45.5 Å². The van der Waals surface area contributed by atoms with Crippen molar-refractivity contribution in [3.63, 3.8) is 0 Å². The summed E-state index contributed by atoms with van der Waals surface area (Å²) in [6.45, 7) is 4.66. The number of hydrogen-bond donors (Lipinski definition) is 5. The number of aromatic amines is 1. The molecule has 4 atom stereocenters. The Morgan fingerprint density at radius 1 is 0.479 bits per heavy atom. The number of H-pyrrole nitrogens is 1. The van der Waals surface area contributed by atoms with Crippen LogP contribution in [0.15, 0.2) is 166 Å². The third kappa shape index (κ3) is 12.6. The number of aliphatic imine (C=N–C) groups is 4. The number of guanidine groups is 4. The van der Waals surface area contributed by atoms with Gasteiger partial charge in [-0.1, -0.05) is 111 Å². The number of nitrogens with two attached hydrogens (primary N) is 4. The molecule has 6 heterocycles. The van der Waals surface area contributed by atoms with E-state index >= 15 is 0 Å².